The molecule has 0 aromatic carbocycles. The quantitative estimate of drug-likeness (QED) is 0.739. The van der Waals surface area contributed by atoms with Crippen LogP contribution in [0.2, 0.25) is 0 Å². The molecule has 2 N–H and O–H groups in total. The maximum Gasteiger partial charge on any atom is 0.0486 e. The van der Waals surface area contributed by atoms with E-state index in [0.29, 0.717) is 6.04 Å². The van der Waals surface area contributed by atoms with E-state index >= 15 is 0 Å². The van der Waals surface area contributed by atoms with Gasteiger partial charge in [0.2, 0.25) is 0 Å². The van der Waals surface area contributed by atoms with Crippen molar-refractivity contribution in [3.63, 3.8) is 0 Å². The number of hydrogen-bond donors (Lipinski definition) is 2. The SMILES string of the molecule is C/C=C(\C(C)N1CCNC1)C(C)(C)N1CCNCC1. The van der Waals surface area contributed by atoms with Gasteiger partial charge in [-0.2, -0.15) is 0 Å². The van der Waals surface area contributed by atoms with Crippen molar-refractivity contribution >= 4 is 0 Å². The van der Waals surface area contributed by atoms with Crippen molar-refractivity contribution < 1.29 is 0 Å². The summed E-state index contributed by atoms with van der Waals surface area (Å²) in [4.78, 5) is 5.16. The summed E-state index contributed by atoms with van der Waals surface area (Å²) < 4.78 is 0. The lowest BCUT2D eigenvalue weighted by Crippen LogP contribution is -2.56. The predicted octanol–water partition coefficient (Wildman–Crippen LogP) is 0.868. The van der Waals surface area contributed by atoms with Crippen molar-refractivity contribution in [3.8, 4) is 0 Å². The summed E-state index contributed by atoms with van der Waals surface area (Å²) in [5.41, 5.74) is 1.71. The van der Waals surface area contributed by atoms with Gasteiger partial charge in [-0.15, -0.1) is 0 Å². The van der Waals surface area contributed by atoms with Crippen LogP contribution in [0.15, 0.2) is 11.6 Å². The molecule has 2 aliphatic rings. The molecule has 0 aromatic rings. The molecule has 1 unspecified atom stereocenters. The molecule has 0 radical (unpaired) electrons. The Kier molecular flexibility index (Phi) is 5.01. The number of piperazine rings is 1. The number of hydrogen-bond acceptors (Lipinski definition) is 4. The van der Waals surface area contributed by atoms with E-state index in [2.05, 4.69) is 54.2 Å². The Labute approximate surface area is 118 Å². The number of rotatable bonds is 4. The zero-order chi connectivity index (χ0) is 13.9. The lowest BCUT2D eigenvalue weighted by atomic mass is 9.85. The van der Waals surface area contributed by atoms with Gasteiger partial charge in [0.05, 0.1) is 0 Å². The van der Waals surface area contributed by atoms with Crippen LogP contribution < -0.4 is 10.6 Å². The van der Waals surface area contributed by atoms with Gasteiger partial charge in [-0.05, 0) is 33.3 Å². The molecule has 0 amide bonds. The van der Waals surface area contributed by atoms with E-state index in [0.717, 1.165) is 45.9 Å². The first-order valence-electron chi connectivity index (χ1n) is 7.64. The van der Waals surface area contributed by atoms with E-state index in [1.165, 1.54) is 0 Å². The molecule has 0 bridgehead atoms. The first-order chi connectivity index (χ1) is 9.07. The van der Waals surface area contributed by atoms with E-state index in [4.69, 9.17) is 0 Å². The lowest BCUT2D eigenvalue weighted by Gasteiger charge is -2.45. The van der Waals surface area contributed by atoms with Gasteiger partial charge in [-0.1, -0.05) is 6.08 Å². The van der Waals surface area contributed by atoms with Crippen molar-refractivity contribution in [2.75, 3.05) is 45.9 Å². The summed E-state index contributed by atoms with van der Waals surface area (Å²) >= 11 is 0. The maximum absolute atomic E-state index is 3.45. The summed E-state index contributed by atoms with van der Waals surface area (Å²) in [5.74, 6) is 0. The molecule has 2 fully saturated rings. The molecular formula is C15H30N4. The minimum absolute atomic E-state index is 0.152. The topological polar surface area (TPSA) is 30.5 Å². The van der Waals surface area contributed by atoms with Gasteiger partial charge in [-0.25, -0.2) is 0 Å². The summed E-state index contributed by atoms with van der Waals surface area (Å²) in [7, 11) is 0. The monoisotopic (exact) mass is 266 g/mol. The van der Waals surface area contributed by atoms with Crippen LogP contribution in [0, 0.1) is 0 Å². The Morgan fingerprint density at radius 2 is 1.74 bits per heavy atom. The van der Waals surface area contributed by atoms with E-state index in [1.807, 2.05) is 0 Å². The molecule has 1 atom stereocenters. The van der Waals surface area contributed by atoms with Crippen molar-refractivity contribution in [2.24, 2.45) is 0 Å². The predicted molar refractivity (Wildman–Crippen MR) is 81.3 cm³/mol. The summed E-state index contributed by atoms with van der Waals surface area (Å²) in [6.45, 7) is 17.1. The maximum atomic E-state index is 3.45. The largest absolute Gasteiger partial charge is 0.314 e. The van der Waals surface area contributed by atoms with Crippen LogP contribution in [-0.4, -0.2) is 67.3 Å². The Morgan fingerprint density at radius 1 is 1.11 bits per heavy atom. The average molecular weight is 266 g/mol. The van der Waals surface area contributed by atoms with Gasteiger partial charge in [0, 0.05) is 57.5 Å². The molecule has 4 heteroatoms. The first-order valence-corrected chi connectivity index (χ1v) is 7.64. The summed E-state index contributed by atoms with van der Waals surface area (Å²) in [6, 6.07) is 0.518. The molecule has 4 nitrogen and oxygen atoms in total. The van der Waals surface area contributed by atoms with Crippen LogP contribution in [0.5, 0.6) is 0 Å². The van der Waals surface area contributed by atoms with Crippen molar-refractivity contribution in [2.45, 2.75) is 39.3 Å². The second-order valence-electron chi connectivity index (χ2n) is 6.19. The molecule has 0 spiro atoms. The Balaban J connectivity index is 2.10. The Morgan fingerprint density at radius 3 is 2.26 bits per heavy atom. The van der Waals surface area contributed by atoms with Gasteiger partial charge in [0.15, 0.2) is 0 Å². The third-order valence-electron chi connectivity index (χ3n) is 4.81. The molecule has 2 aliphatic heterocycles. The highest BCUT2D eigenvalue weighted by atomic mass is 15.3. The van der Waals surface area contributed by atoms with Crippen LogP contribution >= 0.6 is 0 Å². The normalized spacial score (nSPS) is 25.8. The fourth-order valence-electron chi connectivity index (χ4n) is 3.56. The first kappa shape index (κ1) is 15.0. The highest BCUT2D eigenvalue weighted by molar-refractivity contribution is 5.23. The van der Waals surface area contributed by atoms with Crippen LogP contribution in [-0.2, 0) is 0 Å². The van der Waals surface area contributed by atoms with Gasteiger partial charge >= 0.3 is 0 Å². The van der Waals surface area contributed by atoms with Crippen molar-refractivity contribution in [1.29, 1.82) is 0 Å². The van der Waals surface area contributed by atoms with E-state index in [9.17, 15) is 0 Å². The third-order valence-corrected chi connectivity index (χ3v) is 4.81. The van der Waals surface area contributed by atoms with E-state index in [-0.39, 0.29) is 5.54 Å². The molecule has 2 rings (SSSR count). The highest BCUT2D eigenvalue weighted by Gasteiger charge is 2.35. The highest BCUT2D eigenvalue weighted by Crippen LogP contribution is 2.29. The van der Waals surface area contributed by atoms with Gasteiger partial charge in [0.25, 0.3) is 0 Å². The average Bonchev–Trinajstić information content (AvgIpc) is 2.94. The van der Waals surface area contributed by atoms with Gasteiger partial charge < -0.3 is 10.6 Å². The standard InChI is InChI=1S/C15H30N4/c1-5-14(13(2)18-9-6-17-12-18)15(3,4)19-10-7-16-8-11-19/h5,13,16-17H,6-12H2,1-4H3/b14-5+. The number of nitrogens with one attached hydrogen (secondary N) is 2. The summed E-state index contributed by atoms with van der Waals surface area (Å²) in [5, 5.41) is 6.88. The smallest absolute Gasteiger partial charge is 0.0486 e. The molecular weight excluding hydrogens is 236 g/mol. The van der Waals surface area contributed by atoms with Crippen molar-refractivity contribution in [3.05, 3.63) is 11.6 Å². The van der Waals surface area contributed by atoms with Crippen LogP contribution in [0.1, 0.15) is 27.7 Å². The number of nitrogens with zero attached hydrogens (tertiary/aromatic N) is 2. The fourth-order valence-corrected chi connectivity index (χ4v) is 3.56. The molecule has 110 valence electrons. The van der Waals surface area contributed by atoms with E-state index in [1.54, 1.807) is 5.57 Å². The van der Waals surface area contributed by atoms with Gasteiger partial charge in [-0.3, -0.25) is 9.80 Å². The van der Waals surface area contributed by atoms with Crippen LogP contribution in [0.25, 0.3) is 0 Å². The third kappa shape index (κ3) is 3.19. The minimum atomic E-state index is 0.152. The zero-order valence-corrected chi connectivity index (χ0v) is 13.0. The van der Waals surface area contributed by atoms with Crippen molar-refractivity contribution in [1.82, 2.24) is 20.4 Å². The molecule has 2 saturated heterocycles. The molecule has 0 aromatic heterocycles. The molecule has 0 aliphatic carbocycles. The van der Waals surface area contributed by atoms with Crippen LogP contribution in [0.3, 0.4) is 0 Å². The molecule has 19 heavy (non-hydrogen) atoms. The second-order valence-corrected chi connectivity index (χ2v) is 6.19. The lowest BCUT2D eigenvalue weighted by molar-refractivity contribution is 0.115. The molecule has 0 saturated carbocycles. The fraction of sp³-hybridized carbons (Fsp3) is 0.867. The second kappa shape index (κ2) is 6.35. The Bertz CT molecular complexity index is 312. The minimum Gasteiger partial charge on any atom is -0.314 e. The van der Waals surface area contributed by atoms with E-state index < -0.39 is 0 Å². The van der Waals surface area contributed by atoms with Gasteiger partial charge in [0.1, 0.15) is 0 Å². The zero-order valence-electron chi connectivity index (χ0n) is 13.0. The number of allylic oxidation sites excluding steroid dienone is 1. The summed E-state index contributed by atoms with van der Waals surface area (Å²) in [6.07, 6.45) is 2.34. The Hall–Kier alpha value is -0.420. The molecule has 2 heterocycles. The van der Waals surface area contributed by atoms with Crippen LogP contribution in [0.4, 0.5) is 0 Å².